The molecule has 4 nitrogen and oxygen atoms in total. The van der Waals surface area contributed by atoms with Crippen LogP contribution in [0, 0.1) is 5.92 Å². The van der Waals surface area contributed by atoms with Gasteiger partial charge in [0.25, 0.3) is 0 Å². The molecule has 1 N–H and O–H groups in total. The third-order valence-corrected chi connectivity index (χ3v) is 3.92. The van der Waals surface area contributed by atoms with Crippen LogP contribution in [0.4, 0.5) is 0 Å². The fraction of sp³-hybridized carbons (Fsp3) is 0.429. The molecule has 2 rings (SSSR count). The second-order valence-corrected chi connectivity index (χ2v) is 5.80. The van der Waals surface area contributed by atoms with Gasteiger partial charge in [0.15, 0.2) is 0 Å². The summed E-state index contributed by atoms with van der Waals surface area (Å²) in [5.41, 5.74) is 1.79. The number of piperidine rings is 1. The van der Waals surface area contributed by atoms with Gasteiger partial charge in [0.05, 0.1) is 12.1 Å². The maximum absolute atomic E-state index is 12.2. The number of likely N-dealkylation sites (tertiary alicyclic amines) is 1. The second-order valence-electron chi connectivity index (χ2n) is 4.89. The Hall–Kier alpha value is -1.36. The normalized spacial score (nSPS) is 21.7. The van der Waals surface area contributed by atoms with Gasteiger partial charge in [0.2, 0.25) is 5.91 Å². The van der Waals surface area contributed by atoms with Crippen LogP contribution in [-0.2, 0) is 11.2 Å². The first-order valence-electron chi connectivity index (χ1n) is 6.33. The molecule has 1 aliphatic rings. The lowest BCUT2D eigenvalue weighted by Gasteiger charge is -2.31. The fourth-order valence-corrected chi connectivity index (χ4v) is 2.78. The fourth-order valence-electron chi connectivity index (χ4n) is 2.33. The van der Waals surface area contributed by atoms with Crippen molar-refractivity contribution in [3.63, 3.8) is 0 Å². The maximum atomic E-state index is 12.2. The molecule has 0 aliphatic carbocycles. The monoisotopic (exact) mass is 324 g/mol. The molecule has 1 heterocycles. The summed E-state index contributed by atoms with van der Waals surface area (Å²) in [5.74, 6) is 0.257. The first-order valence-corrected chi connectivity index (χ1v) is 7.12. The van der Waals surface area contributed by atoms with Crippen LogP contribution >= 0.6 is 15.9 Å². The van der Waals surface area contributed by atoms with E-state index in [-0.39, 0.29) is 11.8 Å². The van der Waals surface area contributed by atoms with Crippen molar-refractivity contribution in [1.82, 2.24) is 4.90 Å². The van der Waals surface area contributed by atoms with E-state index < -0.39 is 0 Å². The van der Waals surface area contributed by atoms with E-state index >= 15 is 0 Å². The van der Waals surface area contributed by atoms with E-state index in [1.165, 1.54) is 0 Å². The lowest BCUT2D eigenvalue weighted by atomic mass is 9.97. The molecule has 1 aromatic rings. The predicted molar refractivity (Wildman–Crippen MR) is 77.4 cm³/mol. The van der Waals surface area contributed by atoms with Crippen LogP contribution in [0.1, 0.15) is 18.9 Å². The molecule has 102 valence electrons. The highest BCUT2D eigenvalue weighted by Gasteiger charge is 2.25. The molecule has 0 radical (unpaired) electrons. The molecule has 5 heteroatoms. The summed E-state index contributed by atoms with van der Waals surface area (Å²) in [6, 6.07) is 7.80. The van der Waals surface area contributed by atoms with Gasteiger partial charge >= 0.3 is 0 Å². The van der Waals surface area contributed by atoms with Crippen molar-refractivity contribution in [2.75, 3.05) is 13.1 Å². The van der Waals surface area contributed by atoms with Crippen LogP contribution in [0.15, 0.2) is 33.9 Å². The Morgan fingerprint density at radius 2 is 2.37 bits per heavy atom. The van der Waals surface area contributed by atoms with Gasteiger partial charge in [-0.2, -0.15) is 0 Å². The molecular formula is C14H17BrN2O2. The zero-order valence-corrected chi connectivity index (χ0v) is 12.4. The van der Waals surface area contributed by atoms with E-state index in [0.717, 1.165) is 15.7 Å². The second kappa shape index (κ2) is 6.19. The number of amides is 1. The van der Waals surface area contributed by atoms with Gasteiger partial charge < -0.3 is 10.1 Å². The lowest BCUT2D eigenvalue weighted by molar-refractivity contribution is -0.131. The number of hydrogen-bond donors (Lipinski definition) is 1. The Bertz CT molecular complexity index is 502. The largest absolute Gasteiger partial charge is 0.411 e. The number of rotatable bonds is 2. The van der Waals surface area contributed by atoms with Crippen molar-refractivity contribution >= 4 is 27.5 Å². The van der Waals surface area contributed by atoms with Gasteiger partial charge in [-0.05, 0) is 17.7 Å². The summed E-state index contributed by atoms with van der Waals surface area (Å²) in [5, 5.41) is 12.1. The van der Waals surface area contributed by atoms with Crippen LogP contribution in [0.3, 0.4) is 0 Å². The highest BCUT2D eigenvalue weighted by atomic mass is 79.9. The molecule has 0 bridgehead atoms. The molecule has 1 fully saturated rings. The third kappa shape index (κ3) is 3.56. The first-order chi connectivity index (χ1) is 9.10. The molecule has 1 aliphatic heterocycles. The molecule has 1 atom stereocenters. The predicted octanol–water partition coefficient (Wildman–Crippen LogP) is 2.69. The van der Waals surface area contributed by atoms with Crippen LogP contribution in [0.5, 0.6) is 0 Å². The van der Waals surface area contributed by atoms with E-state index in [2.05, 4.69) is 21.1 Å². The number of halogens is 1. The summed E-state index contributed by atoms with van der Waals surface area (Å²) in [4.78, 5) is 14.1. The van der Waals surface area contributed by atoms with Crippen LogP contribution in [-0.4, -0.2) is 34.8 Å². The van der Waals surface area contributed by atoms with Crippen molar-refractivity contribution in [2.24, 2.45) is 11.1 Å². The van der Waals surface area contributed by atoms with E-state index in [1.54, 1.807) is 0 Å². The molecule has 1 aromatic carbocycles. The minimum absolute atomic E-state index is 0.127. The first kappa shape index (κ1) is 14.1. The van der Waals surface area contributed by atoms with Gasteiger partial charge in [-0.25, -0.2) is 0 Å². The molecule has 1 amide bonds. The van der Waals surface area contributed by atoms with Crippen LogP contribution in [0.25, 0.3) is 0 Å². The van der Waals surface area contributed by atoms with Gasteiger partial charge in [-0.15, -0.1) is 0 Å². The van der Waals surface area contributed by atoms with Crippen molar-refractivity contribution in [1.29, 1.82) is 0 Å². The Morgan fingerprint density at radius 1 is 1.58 bits per heavy atom. The highest BCUT2D eigenvalue weighted by Crippen LogP contribution is 2.17. The number of hydrogen-bond acceptors (Lipinski definition) is 3. The number of nitrogens with zero attached hydrogens (tertiary/aromatic N) is 2. The molecule has 0 spiro atoms. The maximum Gasteiger partial charge on any atom is 0.227 e. The Kier molecular flexibility index (Phi) is 4.58. The van der Waals surface area contributed by atoms with Gasteiger partial charge in [-0.3, -0.25) is 4.79 Å². The summed E-state index contributed by atoms with van der Waals surface area (Å²) in [6.45, 7) is 3.25. The highest BCUT2D eigenvalue weighted by molar-refractivity contribution is 9.10. The average molecular weight is 325 g/mol. The molecule has 1 unspecified atom stereocenters. The molecule has 0 saturated carbocycles. The van der Waals surface area contributed by atoms with Gasteiger partial charge in [0.1, 0.15) is 0 Å². The number of carbonyl (C=O) groups excluding carboxylic acids is 1. The number of carbonyl (C=O) groups is 1. The smallest absolute Gasteiger partial charge is 0.227 e. The average Bonchev–Trinajstić information content (AvgIpc) is 2.38. The van der Waals surface area contributed by atoms with E-state index in [9.17, 15) is 4.79 Å². The van der Waals surface area contributed by atoms with E-state index in [0.29, 0.717) is 25.9 Å². The van der Waals surface area contributed by atoms with Crippen molar-refractivity contribution in [2.45, 2.75) is 19.8 Å². The van der Waals surface area contributed by atoms with Gasteiger partial charge in [-0.1, -0.05) is 40.1 Å². The van der Waals surface area contributed by atoms with Crippen LogP contribution < -0.4 is 0 Å². The van der Waals surface area contributed by atoms with Gasteiger partial charge in [0, 0.05) is 29.9 Å². The Balaban J connectivity index is 1.98. The zero-order valence-electron chi connectivity index (χ0n) is 10.8. The molecule has 19 heavy (non-hydrogen) atoms. The Morgan fingerprint density at radius 3 is 3.00 bits per heavy atom. The van der Waals surface area contributed by atoms with Crippen molar-refractivity contribution < 1.29 is 10.0 Å². The molecule has 1 saturated heterocycles. The lowest BCUT2D eigenvalue weighted by Crippen LogP contribution is -2.43. The zero-order chi connectivity index (χ0) is 13.8. The summed E-state index contributed by atoms with van der Waals surface area (Å²) >= 11 is 3.41. The number of benzene rings is 1. The molecular weight excluding hydrogens is 308 g/mol. The quantitative estimate of drug-likeness (QED) is 0.671. The summed E-state index contributed by atoms with van der Waals surface area (Å²) < 4.78 is 0.986. The third-order valence-electron chi connectivity index (χ3n) is 3.43. The molecule has 0 aromatic heterocycles. The standard InChI is InChI=1S/C14H17BrN2O2/c1-10-9-17(6-5-13(10)16-19)14(18)8-11-3-2-4-12(15)7-11/h2-4,7,10,19H,5-6,8-9H2,1H3/b16-13+. The topological polar surface area (TPSA) is 52.9 Å². The SMILES string of the molecule is CC1CN(C(=O)Cc2cccc(Br)c2)CC/C1=N\O. The van der Waals surface area contributed by atoms with Crippen molar-refractivity contribution in [3.8, 4) is 0 Å². The van der Waals surface area contributed by atoms with E-state index in [4.69, 9.17) is 5.21 Å². The van der Waals surface area contributed by atoms with Crippen molar-refractivity contribution in [3.05, 3.63) is 34.3 Å². The summed E-state index contributed by atoms with van der Waals surface area (Å²) in [6.07, 6.45) is 1.07. The summed E-state index contributed by atoms with van der Waals surface area (Å²) in [7, 11) is 0. The number of oxime groups is 1. The van der Waals surface area contributed by atoms with Crippen LogP contribution in [0.2, 0.25) is 0 Å². The minimum Gasteiger partial charge on any atom is -0.411 e. The van der Waals surface area contributed by atoms with E-state index in [1.807, 2.05) is 36.1 Å². The Labute approximate surface area is 121 Å². The minimum atomic E-state index is 0.127.